The van der Waals surface area contributed by atoms with Crippen molar-refractivity contribution in [2.24, 2.45) is 0 Å². The van der Waals surface area contributed by atoms with E-state index in [0.29, 0.717) is 42.6 Å². The first kappa shape index (κ1) is 23.4. The molecule has 0 aliphatic rings. The van der Waals surface area contributed by atoms with Crippen LogP contribution in [-0.2, 0) is 21.3 Å². The number of methoxy groups -OCH3 is 1. The van der Waals surface area contributed by atoms with E-state index in [1.165, 1.54) is 6.20 Å². The van der Waals surface area contributed by atoms with E-state index >= 15 is 0 Å². The minimum atomic E-state index is -1.59. The van der Waals surface area contributed by atoms with Gasteiger partial charge in [-0.2, -0.15) is 0 Å². The van der Waals surface area contributed by atoms with Crippen molar-refractivity contribution in [3.8, 4) is 11.5 Å². The Morgan fingerprint density at radius 1 is 1.09 bits per heavy atom. The average molecular weight is 456 g/mol. The number of anilines is 1. The van der Waals surface area contributed by atoms with Gasteiger partial charge in [0.1, 0.15) is 23.1 Å². The SMILES string of the molecule is CCOCCOc1cc(OC)ccc1CS(=O)c1ncccc1C(=O)Nc1ccncc1. The number of nitrogens with one attached hydrogen (secondary N) is 1. The number of carbonyl (C=O) groups is 1. The van der Waals surface area contributed by atoms with Crippen molar-refractivity contribution in [3.63, 3.8) is 0 Å². The maximum Gasteiger partial charge on any atom is 0.258 e. The molecule has 0 saturated carbocycles. The lowest BCUT2D eigenvalue weighted by Crippen LogP contribution is -2.16. The maximum atomic E-state index is 13.2. The number of benzene rings is 1. The molecule has 0 aliphatic heterocycles. The summed E-state index contributed by atoms with van der Waals surface area (Å²) in [5.74, 6) is 0.911. The molecule has 1 aromatic carbocycles. The highest BCUT2D eigenvalue weighted by Crippen LogP contribution is 2.27. The molecule has 1 N–H and O–H groups in total. The van der Waals surface area contributed by atoms with Crippen LogP contribution >= 0.6 is 0 Å². The fourth-order valence-corrected chi connectivity index (χ4v) is 4.10. The molecule has 1 atom stereocenters. The Kier molecular flexibility index (Phi) is 8.70. The molecular weight excluding hydrogens is 430 g/mol. The highest BCUT2D eigenvalue weighted by atomic mass is 32.2. The van der Waals surface area contributed by atoms with Crippen molar-refractivity contribution in [1.82, 2.24) is 9.97 Å². The van der Waals surface area contributed by atoms with Gasteiger partial charge >= 0.3 is 0 Å². The Labute approximate surface area is 189 Å². The molecular formula is C23H25N3O5S. The Morgan fingerprint density at radius 3 is 2.66 bits per heavy atom. The third kappa shape index (κ3) is 6.35. The van der Waals surface area contributed by atoms with Crippen LogP contribution in [0.3, 0.4) is 0 Å². The van der Waals surface area contributed by atoms with Gasteiger partial charge in [0.05, 0.1) is 35.8 Å². The summed E-state index contributed by atoms with van der Waals surface area (Å²) in [5, 5.41) is 2.98. The molecule has 2 aromatic heterocycles. The maximum absolute atomic E-state index is 13.2. The van der Waals surface area contributed by atoms with Gasteiger partial charge in [0, 0.05) is 42.5 Å². The van der Waals surface area contributed by atoms with Gasteiger partial charge in [0.15, 0.2) is 0 Å². The summed E-state index contributed by atoms with van der Waals surface area (Å²) in [7, 11) is -0.0205. The van der Waals surface area contributed by atoms with E-state index < -0.39 is 16.7 Å². The number of aromatic nitrogens is 2. The number of hydrogen-bond acceptors (Lipinski definition) is 7. The van der Waals surface area contributed by atoms with Gasteiger partial charge in [-0.1, -0.05) is 6.07 Å². The fraction of sp³-hybridized carbons (Fsp3) is 0.261. The summed E-state index contributed by atoms with van der Waals surface area (Å²) in [6, 6.07) is 11.9. The first-order valence-corrected chi connectivity index (χ1v) is 11.4. The zero-order valence-electron chi connectivity index (χ0n) is 17.9. The quantitative estimate of drug-likeness (QED) is 0.442. The highest BCUT2D eigenvalue weighted by Gasteiger charge is 2.19. The summed E-state index contributed by atoms with van der Waals surface area (Å²) in [6.07, 6.45) is 4.67. The third-order valence-electron chi connectivity index (χ3n) is 4.42. The molecule has 0 fully saturated rings. The Hall–Kier alpha value is -3.30. The second-order valence-corrected chi connectivity index (χ2v) is 7.92. The summed E-state index contributed by atoms with van der Waals surface area (Å²) in [6.45, 7) is 3.30. The van der Waals surface area contributed by atoms with Gasteiger partial charge in [-0.05, 0) is 37.3 Å². The first-order valence-electron chi connectivity index (χ1n) is 10.0. The normalized spacial score (nSPS) is 11.6. The molecule has 0 radical (unpaired) electrons. The van der Waals surface area contributed by atoms with E-state index in [1.807, 2.05) is 6.92 Å². The van der Waals surface area contributed by atoms with Crippen LogP contribution in [0.1, 0.15) is 22.8 Å². The molecule has 0 aliphatic carbocycles. The molecule has 32 heavy (non-hydrogen) atoms. The molecule has 1 amide bonds. The second-order valence-electron chi connectivity index (χ2n) is 6.56. The molecule has 3 rings (SSSR count). The molecule has 0 saturated heterocycles. The van der Waals surface area contributed by atoms with Crippen LogP contribution in [0.15, 0.2) is 66.1 Å². The molecule has 0 bridgehead atoms. The van der Waals surface area contributed by atoms with E-state index in [1.54, 1.807) is 62.0 Å². The zero-order valence-corrected chi connectivity index (χ0v) is 18.8. The lowest BCUT2D eigenvalue weighted by molar-refractivity contribution is 0.102. The smallest absolute Gasteiger partial charge is 0.258 e. The molecule has 8 nitrogen and oxygen atoms in total. The van der Waals surface area contributed by atoms with Crippen molar-refractivity contribution >= 4 is 22.4 Å². The van der Waals surface area contributed by atoms with Crippen LogP contribution in [0.5, 0.6) is 11.5 Å². The standard InChI is InChI=1S/C23H25N3O5S/c1-3-30-13-14-31-21-15-19(29-2)7-6-17(21)16-32(28)23-20(5-4-10-25-23)22(27)26-18-8-11-24-12-9-18/h4-12,15H,3,13-14,16H2,1-2H3,(H,24,26,27). The van der Waals surface area contributed by atoms with Crippen LogP contribution < -0.4 is 14.8 Å². The van der Waals surface area contributed by atoms with Gasteiger partial charge < -0.3 is 19.5 Å². The average Bonchev–Trinajstić information content (AvgIpc) is 2.83. The number of ether oxygens (including phenoxy) is 3. The molecule has 3 aromatic rings. The number of amides is 1. The van der Waals surface area contributed by atoms with Gasteiger partial charge in [-0.15, -0.1) is 0 Å². The van der Waals surface area contributed by atoms with E-state index in [0.717, 1.165) is 0 Å². The molecule has 1 unspecified atom stereocenters. The summed E-state index contributed by atoms with van der Waals surface area (Å²) in [4.78, 5) is 20.9. The van der Waals surface area contributed by atoms with Crippen molar-refractivity contribution in [3.05, 3.63) is 72.2 Å². The van der Waals surface area contributed by atoms with Crippen molar-refractivity contribution in [2.45, 2.75) is 17.7 Å². The number of rotatable bonds is 11. The minimum Gasteiger partial charge on any atom is -0.497 e. The van der Waals surface area contributed by atoms with Crippen LogP contribution in [0, 0.1) is 0 Å². The van der Waals surface area contributed by atoms with Crippen LogP contribution in [-0.4, -0.2) is 47.0 Å². The first-order chi connectivity index (χ1) is 15.6. The Balaban J connectivity index is 1.79. The lowest BCUT2D eigenvalue weighted by atomic mass is 10.2. The van der Waals surface area contributed by atoms with E-state index in [-0.39, 0.29) is 16.3 Å². The van der Waals surface area contributed by atoms with Gasteiger partial charge in [-0.25, -0.2) is 4.98 Å². The van der Waals surface area contributed by atoms with Crippen molar-refractivity contribution in [1.29, 1.82) is 0 Å². The van der Waals surface area contributed by atoms with E-state index in [4.69, 9.17) is 14.2 Å². The van der Waals surface area contributed by atoms with Crippen LogP contribution in [0.25, 0.3) is 0 Å². The van der Waals surface area contributed by atoms with Gasteiger partial charge in [-0.3, -0.25) is 14.0 Å². The number of carbonyl (C=O) groups excluding carboxylic acids is 1. The van der Waals surface area contributed by atoms with E-state index in [9.17, 15) is 9.00 Å². The predicted molar refractivity (Wildman–Crippen MR) is 122 cm³/mol. The molecule has 9 heteroatoms. The summed E-state index contributed by atoms with van der Waals surface area (Å²) >= 11 is 0. The number of nitrogens with zero attached hydrogens (tertiary/aromatic N) is 2. The summed E-state index contributed by atoms with van der Waals surface area (Å²) < 4.78 is 29.6. The monoisotopic (exact) mass is 455 g/mol. The number of hydrogen-bond donors (Lipinski definition) is 1. The van der Waals surface area contributed by atoms with Crippen molar-refractivity contribution in [2.75, 3.05) is 32.2 Å². The highest BCUT2D eigenvalue weighted by molar-refractivity contribution is 7.84. The van der Waals surface area contributed by atoms with Crippen LogP contribution in [0.4, 0.5) is 5.69 Å². The zero-order chi connectivity index (χ0) is 22.8. The predicted octanol–water partition coefficient (Wildman–Crippen LogP) is 3.46. The molecule has 0 spiro atoms. The third-order valence-corrected chi connectivity index (χ3v) is 5.75. The summed E-state index contributed by atoms with van der Waals surface area (Å²) in [5.41, 5.74) is 1.55. The topological polar surface area (TPSA) is 99.6 Å². The van der Waals surface area contributed by atoms with Gasteiger partial charge in [0.25, 0.3) is 5.91 Å². The van der Waals surface area contributed by atoms with Gasteiger partial charge in [0.2, 0.25) is 0 Å². The second kappa shape index (κ2) is 11.9. The minimum absolute atomic E-state index is 0.126. The Bertz CT molecular complexity index is 1060. The largest absolute Gasteiger partial charge is 0.497 e. The molecule has 2 heterocycles. The number of pyridine rings is 2. The fourth-order valence-electron chi connectivity index (χ4n) is 2.86. The molecule has 168 valence electrons. The Morgan fingerprint density at radius 2 is 1.91 bits per heavy atom. The van der Waals surface area contributed by atoms with Crippen LogP contribution in [0.2, 0.25) is 0 Å². The lowest BCUT2D eigenvalue weighted by Gasteiger charge is -2.14. The van der Waals surface area contributed by atoms with E-state index in [2.05, 4.69) is 15.3 Å². The van der Waals surface area contributed by atoms with Crippen molar-refractivity contribution < 1.29 is 23.2 Å².